The van der Waals surface area contributed by atoms with Crippen LogP contribution in [0.15, 0.2) is 0 Å². The normalized spacial score (nSPS) is 42.8. The van der Waals surface area contributed by atoms with Gasteiger partial charge in [-0.2, -0.15) is 0 Å². The average Bonchev–Trinajstić information content (AvgIpc) is 2.41. The summed E-state index contributed by atoms with van der Waals surface area (Å²) in [4.78, 5) is 0. The van der Waals surface area contributed by atoms with E-state index in [1.807, 2.05) is 0 Å². The molecule has 0 radical (unpaired) electrons. The summed E-state index contributed by atoms with van der Waals surface area (Å²) < 4.78 is 12.3. The van der Waals surface area contributed by atoms with Gasteiger partial charge in [-0.1, -0.05) is 13.3 Å². The van der Waals surface area contributed by atoms with Crippen molar-refractivity contribution < 1.29 is 9.47 Å². The lowest BCUT2D eigenvalue weighted by Crippen LogP contribution is -2.43. The molecule has 88 valence electrons. The largest absolute Gasteiger partial charge is 0.347 e. The van der Waals surface area contributed by atoms with E-state index in [4.69, 9.17) is 9.47 Å². The summed E-state index contributed by atoms with van der Waals surface area (Å²) in [6.07, 6.45) is 10.4. The fourth-order valence-corrected chi connectivity index (χ4v) is 2.89. The zero-order valence-corrected chi connectivity index (χ0v) is 10.1. The van der Waals surface area contributed by atoms with Crippen molar-refractivity contribution in [2.24, 2.45) is 0 Å². The molecule has 0 aromatic carbocycles. The standard InChI is InChI=1S/C13H24O2/c1-3-12-8-4-5-9-13(15-12)10-6-7-11(2)14-13/h11-12H,3-10H2,1-2H3/t11-,12-,13+/m0/s1. The molecule has 2 aliphatic heterocycles. The molecule has 0 aliphatic carbocycles. The Hall–Kier alpha value is -0.0800. The lowest BCUT2D eigenvalue weighted by atomic mass is 9.97. The van der Waals surface area contributed by atoms with Gasteiger partial charge in [-0.3, -0.25) is 0 Å². The predicted molar refractivity (Wildman–Crippen MR) is 60.8 cm³/mol. The maximum atomic E-state index is 6.24. The van der Waals surface area contributed by atoms with Crippen LogP contribution in [0, 0.1) is 0 Å². The van der Waals surface area contributed by atoms with Crippen LogP contribution >= 0.6 is 0 Å². The number of ether oxygens (including phenoxy) is 2. The first-order valence-corrected chi connectivity index (χ1v) is 6.60. The van der Waals surface area contributed by atoms with Gasteiger partial charge in [-0.05, 0) is 39.0 Å². The van der Waals surface area contributed by atoms with Crippen molar-refractivity contribution in [3.63, 3.8) is 0 Å². The minimum Gasteiger partial charge on any atom is -0.347 e. The van der Waals surface area contributed by atoms with Crippen LogP contribution in [-0.4, -0.2) is 18.0 Å². The molecule has 0 bridgehead atoms. The second kappa shape index (κ2) is 4.84. The zero-order valence-electron chi connectivity index (χ0n) is 10.1. The fourth-order valence-electron chi connectivity index (χ4n) is 2.89. The molecular formula is C13H24O2. The number of hydrogen-bond donors (Lipinski definition) is 0. The van der Waals surface area contributed by atoms with Gasteiger partial charge in [0.1, 0.15) is 0 Å². The number of hydrogen-bond acceptors (Lipinski definition) is 2. The summed E-state index contributed by atoms with van der Waals surface area (Å²) in [6.45, 7) is 4.39. The van der Waals surface area contributed by atoms with Crippen LogP contribution in [0.5, 0.6) is 0 Å². The molecule has 2 heteroatoms. The third-order valence-corrected chi connectivity index (χ3v) is 3.75. The summed E-state index contributed by atoms with van der Waals surface area (Å²) in [6, 6.07) is 0. The van der Waals surface area contributed by atoms with Crippen LogP contribution in [0.2, 0.25) is 0 Å². The van der Waals surface area contributed by atoms with Gasteiger partial charge in [0, 0.05) is 12.8 Å². The van der Waals surface area contributed by atoms with Gasteiger partial charge in [-0.25, -0.2) is 0 Å². The fraction of sp³-hybridized carbons (Fsp3) is 1.00. The van der Waals surface area contributed by atoms with Crippen molar-refractivity contribution in [2.45, 2.75) is 83.2 Å². The molecule has 0 amide bonds. The molecule has 0 N–H and O–H groups in total. The SMILES string of the molecule is CC[C@H]1CCCC[C@]2(CCC[C@H](C)O2)O1. The molecule has 2 heterocycles. The molecule has 15 heavy (non-hydrogen) atoms. The Bertz CT molecular complexity index is 205. The monoisotopic (exact) mass is 212 g/mol. The van der Waals surface area contributed by atoms with Crippen LogP contribution in [-0.2, 0) is 9.47 Å². The second-order valence-electron chi connectivity index (χ2n) is 5.13. The van der Waals surface area contributed by atoms with Crippen molar-refractivity contribution in [2.75, 3.05) is 0 Å². The Balaban J connectivity index is 2.03. The first kappa shape index (κ1) is 11.4. The van der Waals surface area contributed by atoms with E-state index in [9.17, 15) is 0 Å². The molecular weight excluding hydrogens is 188 g/mol. The van der Waals surface area contributed by atoms with Gasteiger partial charge in [-0.15, -0.1) is 0 Å². The van der Waals surface area contributed by atoms with Crippen LogP contribution in [0.1, 0.15) is 65.2 Å². The third-order valence-electron chi connectivity index (χ3n) is 3.75. The maximum absolute atomic E-state index is 6.24. The summed E-state index contributed by atoms with van der Waals surface area (Å²) in [5.41, 5.74) is 0. The highest BCUT2D eigenvalue weighted by Crippen LogP contribution is 2.38. The molecule has 2 rings (SSSR count). The molecule has 0 aromatic rings. The second-order valence-corrected chi connectivity index (χ2v) is 5.13. The minimum absolute atomic E-state index is 0.213. The molecule has 2 aliphatic rings. The molecule has 0 unspecified atom stereocenters. The van der Waals surface area contributed by atoms with Crippen LogP contribution in [0.3, 0.4) is 0 Å². The van der Waals surface area contributed by atoms with Crippen molar-refractivity contribution in [3.05, 3.63) is 0 Å². The van der Waals surface area contributed by atoms with Gasteiger partial charge in [0.25, 0.3) is 0 Å². The quantitative estimate of drug-likeness (QED) is 0.660. The van der Waals surface area contributed by atoms with Gasteiger partial charge < -0.3 is 9.47 Å². The Kier molecular flexibility index (Phi) is 3.68. The molecule has 1 spiro atoms. The summed E-state index contributed by atoms with van der Waals surface area (Å²) in [5.74, 6) is -0.213. The Morgan fingerprint density at radius 2 is 1.87 bits per heavy atom. The van der Waals surface area contributed by atoms with Crippen LogP contribution in [0.25, 0.3) is 0 Å². The van der Waals surface area contributed by atoms with Gasteiger partial charge in [0.2, 0.25) is 0 Å². The smallest absolute Gasteiger partial charge is 0.169 e. The maximum Gasteiger partial charge on any atom is 0.169 e. The van der Waals surface area contributed by atoms with Crippen molar-refractivity contribution in [1.82, 2.24) is 0 Å². The lowest BCUT2D eigenvalue weighted by Gasteiger charge is -2.41. The number of rotatable bonds is 1. The van der Waals surface area contributed by atoms with E-state index >= 15 is 0 Å². The topological polar surface area (TPSA) is 18.5 Å². The first-order chi connectivity index (χ1) is 7.24. The van der Waals surface area contributed by atoms with Crippen LogP contribution < -0.4 is 0 Å². The van der Waals surface area contributed by atoms with E-state index in [-0.39, 0.29) is 5.79 Å². The van der Waals surface area contributed by atoms with Gasteiger partial charge in [0.05, 0.1) is 12.2 Å². The summed E-state index contributed by atoms with van der Waals surface area (Å²) in [7, 11) is 0. The first-order valence-electron chi connectivity index (χ1n) is 6.60. The highest BCUT2D eigenvalue weighted by Gasteiger charge is 2.39. The van der Waals surface area contributed by atoms with Gasteiger partial charge in [0.15, 0.2) is 5.79 Å². The van der Waals surface area contributed by atoms with Crippen molar-refractivity contribution in [1.29, 1.82) is 0 Å². The highest BCUT2D eigenvalue weighted by molar-refractivity contribution is 4.81. The summed E-state index contributed by atoms with van der Waals surface area (Å²) >= 11 is 0. The Morgan fingerprint density at radius 1 is 1.07 bits per heavy atom. The molecule has 0 saturated carbocycles. The average molecular weight is 212 g/mol. The third kappa shape index (κ3) is 2.73. The van der Waals surface area contributed by atoms with E-state index < -0.39 is 0 Å². The van der Waals surface area contributed by atoms with E-state index in [1.165, 1.54) is 32.1 Å². The Labute approximate surface area is 93.3 Å². The van der Waals surface area contributed by atoms with Crippen molar-refractivity contribution >= 4 is 0 Å². The minimum atomic E-state index is -0.213. The zero-order chi connectivity index (χ0) is 10.7. The predicted octanol–water partition coefficient (Wildman–Crippen LogP) is 3.64. The molecule has 0 aromatic heterocycles. The van der Waals surface area contributed by atoms with E-state index in [2.05, 4.69) is 13.8 Å². The van der Waals surface area contributed by atoms with E-state index in [1.54, 1.807) is 0 Å². The lowest BCUT2D eigenvalue weighted by molar-refractivity contribution is -0.293. The van der Waals surface area contributed by atoms with E-state index in [0.717, 1.165) is 19.3 Å². The van der Waals surface area contributed by atoms with Gasteiger partial charge >= 0.3 is 0 Å². The molecule has 2 fully saturated rings. The van der Waals surface area contributed by atoms with E-state index in [0.29, 0.717) is 12.2 Å². The van der Waals surface area contributed by atoms with Crippen LogP contribution in [0.4, 0.5) is 0 Å². The molecule has 2 saturated heterocycles. The molecule has 3 atom stereocenters. The highest BCUT2D eigenvalue weighted by atomic mass is 16.7. The van der Waals surface area contributed by atoms with Crippen molar-refractivity contribution in [3.8, 4) is 0 Å². The summed E-state index contributed by atoms with van der Waals surface area (Å²) in [5, 5.41) is 0. The molecule has 2 nitrogen and oxygen atoms in total. The Morgan fingerprint density at radius 3 is 2.60 bits per heavy atom.